The smallest absolute Gasteiger partial charge is 0.225 e. The lowest BCUT2D eigenvalue weighted by Gasteiger charge is -2.04. The van der Waals surface area contributed by atoms with E-state index in [4.69, 9.17) is 0 Å². The number of aromatic nitrogens is 2. The highest BCUT2D eigenvalue weighted by Gasteiger charge is 2.23. The van der Waals surface area contributed by atoms with Crippen molar-refractivity contribution in [2.24, 2.45) is 0 Å². The van der Waals surface area contributed by atoms with Gasteiger partial charge >= 0.3 is 0 Å². The molecule has 0 spiro atoms. The molecule has 0 saturated heterocycles. The Morgan fingerprint density at radius 2 is 1.86 bits per heavy atom. The van der Waals surface area contributed by atoms with Crippen LogP contribution >= 0.6 is 15.9 Å². The number of hydrogen-bond acceptors (Lipinski definition) is 3. The predicted molar refractivity (Wildman–Crippen MR) is 87.5 cm³/mol. The van der Waals surface area contributed by atoms with Crippen LogP contribution in [0.25, 0.3) is 5.69 Å². The second-order valence-corrected chi connectivity index (χ2v) is 5.79. The number of aromatic hydroxyl groups is 1. The zero-order chi connectivity index (χ0) is 15.7. The van der Waals surface area contributed by atoms with E-state index < -0.39 is 0 Å². The third kappa shape index (κ3) is 2.55. The zero-order valence-corrected chi connectivity index (χ0v) is 13.4. The molecule has 1 N–H and O–H groups in total. The van der Waals surface area contributed by atoms with Crippen LogP contribution in [0.15, 0.2) is 59.1 Å². The van der Waals surface area contributed by atoms with E-state index in [1.807, 2.05) is 36.4 Å². The maximum atomic E-state index is 12.7. The fourth-order valence-corrected chi connectivity index (χ4v) is 2.70. The van der Waals surface area contributed by atoms with Crippen LogP contribution in [0.5, 0.6) is 5.88 Å². The molecule has 0 radical (unpaired) electrons. The van der Waals surface area contributed by atoms with Crippen molar-refractivity contribution in [2.75, 3.05) is 0 Å². The summed E-state index contributed by atoms with van der Waals surface area (Å²) in [6.45, 7) is 1.71. The monoisotopic (exact) mass is 356 g/mol. The number of para-hydroxylation sites is 1. The number of ketones is 1. The van der Waals surface area contributed by atoms with Gasteiger partial charge in [0, 0.05) is 10.0 Å². The predicted octanol–water partition coefficient (Wildman–Crippen LogP) is 3.88. The first-order valence-electron chi connectivity index (χ1n) is 6.72. The molecule has 2 aromatic carbocycles. The Labute approximate surface area is 136 Å². The summed E-state index contributed by atoms with van der Waals surface area (Å²) in [4.78, 5) is 12.7. The van der Waals surface area contributed by atoms with E-state index in [0.29, 0.717) is 16.9 Å². The SMILES string of the molecule is Cc1nn(-c2ccccc2)c(O)c1C(=O)c1cccc(Br)c1. The average molecular weight is 357 g/mol. The van der Waals surface area contributed by atoms with E-state index >= 15 is 0 Å². The fourth-order valence-electron chi connectivity index (χ4n) is 2.30. The summed E-state index contributed by atoms with van der Waals surface area (Å²) < 4.78 is 2.19. The van der Waals surface area contributed by atoms with Crippen molar-refractivity contribution in [1.82, 2.24) is 9.78 Å². The fraction of sp³-hybridized carbons (Fsp3) is 0.0588. The molecule has 0 saturated carbocycles. The molecule has 0 atom stereocenters. The Balaban J connectivity index is 2.09. The standard InChI is InChI=1S/C17H13BrN2O2/c1-11-15(16(21)12-6-5-7-13(18)10-12)17(22)20(19-11)14-8-3-2-4-9-14/h2-10,22H,1H3. The van der Waals surface area contributed by atoms with Gasteiger partial charge in [0.15, 0.2) is 5.78 Å². The highest BCUT2D eigenvalue weighted by Crippen LogP contribution is 2.27. The van der Waals surface area contributed by atoms with Gasteiger partial charge in [-0.05, 0) is 31.2 Å². The molecule has 110 valence electrons. The van der Waals surface area contributed by atoms with E-state index in [0.717, 1.165) is 4.47 Å². The van der Waals surface area contributed by atoms with Crippen molar-refractivity contribution in [3.63, 3.8) is 0 Å². The molecule has 3 rings (SSSR count). The topological polar surface area (TPSA) is 55.1 Å². The van der Waals surface area contributed by atoms with Gasteiger partial charge in [-0.2, -0.15) is 5.10 Å². The minimum Gasteiger partial charge on any atom is -0.493 e. The highest BCUT2D eigenvalue weighted by molar-refractivity contribution is 9.10. The summed E-state index contributed by atoms with van der Waals surface area (Å²) in [6.07, 6.45) is 0. The van der Waals surface area contributed by atoms with Crippen molar-refractivity contribution in [1.29, 1.82) is 0 Å². The van der Waals surface area contributed by atoms with Crippen LogP contribution in [-0.4, -0.2) is 20.7 Å². The first-order valence-corrected chi connectivity index (χ1v) is 7.51. The van der Waals surface area contributed by atoms with Crippen molar-refractivity contribution in [3.8, 4) is 11.6 Å². The van der Waals surface area contributed by atoms with Crippen LogP contribution in [0.4, 0.5) is 0 Å². The van der Waals surface area contributed by atoms with Gasteiger partial charge in [-0.1, -0.05) is 46.3 Å². The summed E-state index contributed by atoms with van der Waals surface area (Å²) in [5.41, 5.74) is 1.92. The van der Waals surface area contributed by atoms with E-state index in [1.165, 1.54) is 4.68 Å². The number of carbonyl (C=O) groups is 1. The number of hydrogen-bond donors (Lipinski definition) is 1. The third-order valence-electron chi connectivity index (χ3n) is 3.35. The van der Waals surface area contributed by atoms with Crippen molar-refractivity contribution < 1.29 is 9.90 Å². The second kappa shape index (κ2) is 5.77. The number of carbonyl (C=O) groups excluding carboxylic acids is 1. The molecule has 1 aromatic heterocycles. The van der Waals surface area contributed by atoms with Crippen LogP contribution in [0.3, 0.4) is 0 Å². The molecule has 0 bridgehead atoms. The van der Waals surface area contributed by atoms with Crippen LogP contribution in [-0.2, 0) is 0 Å². The van der Waals surface area contributed by atoms with Gasteiger partial charge in [-0.15, -0.1) is 0 Å². The second-order valence-electron chi connectivity index (χ2n) is 4.87. The van der Waals surface area contributed by atoms with Crippen LogP contribution in [0, 0.1) is 6.92 Å². The van der Waals surface area contributed by atoms with Gasteiger partial charge in [0.05, 0.1) is 11.4 Å². The van der Waals surface area contributed by atoms with Gasteiger partial charge in [-0.3, -0.25) is 4.79 Å². The number of halogens is 1. The summed E-state index contributed by atoms with van der Waals surface area (Å²) in [6, 6.07) is 16.3. The molecule has 0 aliphatic heterocycles. The molecule has 0 amide bonds. The quantitative estimate of drug-likeness (QED) is 0.724. The average Bonchev–Trinajstić information content (AvgIpc) is 2.82. The Kier molecular flexibility index (Phi) is 3.81. The molecule has 4 nitrogen and oxygen atoms in total. The normalized spacial score (nSPS) is 10.6. The highest BCUT2D eigenvalue weighted by atomic mass is 79.9. The number of aryl methyl sites for hydroxylation is 1. The Morgan fingerprint density at radius 3 is 2.55 bits per heavy atom. The molecule has 0 fully saturated rings. The maximum Gasteiger partial charge on any atom is 0.225 e. The summed E-state index contributed by atoms with van der Waals surface area (Å²) in [5, 5.41) is 14.7. The Hall–Kier alpha value is -2.40. The van der Waals surface area contributed by atoms with E-state index in [9.17, 15) is 9.90 Å². The van der Waals surface area contributed by atoms with Crippen LogP contribution in [0.2, 0.25) is 0 Å². The lowest BCUT2D eigenvalue weighted by atomic mass is 10.0. The van der Waals surface area contributed by atoms with Gasteiger partial charge in [0.1, 0.15) is 5.56 Å². The molecular formula is C17H13BrN2O2. The van der Waals surface area contributed by atoms with Gasteiger partial charge in [0.25, 0.3) is 0 Å². The lowest BCUT2D eigenvalue weighted by Crippen LogP contribution is -2.02. The summed E-state index contributed by atoms with van der Waals surface area (Å²) in [7, 11) is 0. The Bertz CT molecular complexity index is 841. The molecule has 0 unspecified atom stereocenters. The molecule has 22 heavy (non-hydrogen) atoms. The maximum absolute atomic E-state index is 12.7. The van der Waals surface area contributed by atoms with E-state index in [-0.39, 0.29) is 17.2 Å². The minimum absolute atomic E-state index is 0.145. The van der Waals surface area contributed by atoms with Gasteiger partial charge < -0.3 is 5.11 Å². The van der Waals surface area contributed by atoms with E-state index in [2.05, 4.69) is 21.0 Å². The minimum atomic E-state index is -0.251. The molecule has 3 aromatic rings. The van der Waals surface area contributed by atoms with E-state index in [1.54, 1.807) is 25.1 Å². The summed E-state index contributed by atoms with van der Waals surface area (Å²) in [5.74, 6) is -0.396. The lowest BCUT2D eigenvalue weighted by molar-refractivity contribution is 0.103. The molecule has 0 aliphatic carbocycles. The number of benzene rings is 2. The van der Waals surface area contributed by atoms with Crippen molar-refractivity contribution in [3.05, 3.63) is 75.9 Å². The van der Waals surface area contributed by atoms with Crippen molar-refractivity contribution >= 4 is 21.7 Å². The third-order valence-corrected chi connectivity index (χ3v) is 3.84. The Morgan fingerprint density at radius 1 is 1.14 bits per heavy atom. The number of rotatable bonds is 3. The largest absolute Gasteiger partial charge is 0.493 e. The zero-order valence-electron chi connectivity index (χ0n) is 11.8. The summed E-state index contributed by atoms with van der Waals surface area (Å²) >= 11 is 3.35. The van der Waals surface area contributed by atoms with Gasteiger partial charge in [0.2, 0.25) is 5.88 Å². The molecule has 1 heterocycles. The first-order chi connectivity index (χ1) is 10.6. The van der Waals surface area contributed by atoms with Crippen molar-refractivity contribution in [2.45, 2.75) is 6.92 Å². The first kappa shape index (κ1) is 14.5. The molecule has 5 heteroatoms. The van der Waals surface area contributed by atoms with Gasteiger partial charge in [-0.25, -0.2) is 4.68 Å². The number of nitrogens with zero attached hydrogens (tertiary/aromatic N) is 2. The van der Waals surface area contributed by atoms with Crippen LogP contribution in [0.1, 0.15) is 21.6 Å². The van der Waals surface area contributed by atoms with Crippen LogP contribution < -0.4 is 0 Å². The molecular weight excluding hydrogens is 344 g/mol. The molecule has 0 aliphatic rings.